The molecule has 1 aromatic carbocycles. The molecule has 0 heterocycles. The monoisotopic (exact) mass is 230 g/mol. The lowest BCUT2D eigenvalue weighted by Gasteiger charge is -2.03. The number of rotatable bonds is 5. The molecule has 2 heteroatoms. The zero-order chi connectivity index (χ0) is 11.9. The van der Waals surface area contributed by atoms with Crippen molar-refractivity contribution in [2.24, 2.45) is 11.1 Å². The van der Waals surface area contributed by atoms with Gasteiger partial charge >= 0.3 is 0 Å². The Morgan fingerprint density at radius 3 is 2.82 bits per heavy atom. The number of hydrogen-bond acceptors (Lipinski definition) is 2. The van der Waals surface area contributed by atoms with Gasteiger partial charge in [0.1, 0.15) is 12.8 Å². The lowest BCUT2D eigenvalue weighted by Crippen LogP contribution is -1.95. The fourth-order valence-corrected chi connectivity index (χ4v) is 2.21. The standard InChI is InChI=1S/C15H20NO/c1-2-13-8-5-9-15(10-13)12-17-16-11-14-6-3-4-7-14/h5,8-10,14H,2-4,6-7,12H2,1H3. The summed E-state index contributed by atoms with van der Waals surface area (Å²) in [6, 6.07) is 8.45. The second-order valence-electron chi connectivity index (χ2n) is 4.65. The summed E-state index contributed by atoms with van der Waals surface area (Å²) in [4.78, 5) is 5.30. The van der Waals surface area contributed by atoms with Crippen LogP contribution < -0.4 is 0 Å². The molecule has 17 heavy (non-hydrogen) atoms. The van der Waals surface area contributed by atoms with E-state index in [1.807, 2.05) is 0 Å². The van der Waals surface area contributed by atoms with E-state index in [1.54, 1.807) is 0 Å². The van der Waals surface area contributed by atoms with Crippen LogP contribution in [0, 0.1) is 5.92 Å². The Morgan fingerprint density at radius 1 is 1.29 bits per heavy atom. The van der Waals surface area contributed by atoms with Gasteiger partial charge in [0.15, 0.2) is 0 Å². The molecule has 2 nitrogen and oxygen atoms in total. The Morgan fingerprint density at radius 2 is 2.06 bits per heavy atom. The third-order valence-corrected chi connectivity index (χ3v) is 3.29. The van der Waals surface area contributed by atoms with E-state index in [0.717, 1.165) is 6.42 Å². The van der Waals surface area contributed by atoms with Crippen molar-refractivity contribution in [1.29, 1.82) is 0 Å². The number of nitrogens with zero attached hydrogens (tertiary/aromatic N) is 1. The zero-order valence-corrected chi connectivity index (χ0v) is 10.5. The molecule has 0 amide bonds. The van der Waals surface area contributed by atoms with Crippen LogP contribution in [-0.4, -0.2) is 6.21 Å². The summed E-state index contributed by atoms with van der Waals surface area (Å²) in [5.41, 5.74) is 2.52. The molecule has 0 aromatic heterocycles. The molecule has 91 valence electrons. The van der Waals surface area contributed by atoms with Gasteiger partial charge in [0.25, 0.3) is 0 Å². The van der Waals surface area contributed by atoms with E-state index in [1.165, 1.54) is 36.8 Å². The molecular formula is C15H20NO. The Labute approximate surface area is 104 Å². The maximum absolute atomic E-state index is 5.30. The highest BCUT2D eigenvalue weighted by molar-refractivity contribution is 5.60. The fourth-order valence-electron chi connectivity index (χ4n) is 2.21. The molecular weight excluding hydrogens is 210 g/mol. The van der Waals surface area contributed by atoms with Gasteiger partial charge in [-0.05, 0) is 30.4 Å². The van der Waals surface area contributed by atoms with E-state index < -0.39 is 0 Å². The smallest absolute Gasteiger partial charge is 0.142 e. The van der Waals surface area contributed by atoms with Crippen molar-refractivity contribution in [3.63, 3.8) is 0 Å². The summed E-state index contributed by atoms with van der Waals surface area (Å²) in [6.07, 6.45) is 9.21. The Kier molecular flexibility index (Phi) is 4.60. The van der Waals surface area contributed by atoms with Gasteiger partial charge in [0.05, 0.1) is 0 Å². The normalized spacial score (nSPS) is 16.8. The van der Waals surface area contributed by atoms with Crippen molar-refractivity contribution in [3.8, 4) is 0 Å². The minimum atomic E-state index is 0.525. The molecule has 0 atom stereocenters. The third kappa shape index (κ3) is 3.88. The van der Waals surface area contributed by atoms with E-state index in [2.05, 4.69) is 42.6 Å². The molecule has 0 saturated heterocycles. The molecule has 1 aromatic rings. The molecule has 2 rings (SSSR count). The van der Waals surface area contributed by atoms with Gasteiger partial charge in [0, 0.05) is 5.92 Å². The van der Waals surface area contributed by atoms with Crippen LogP contribution in [0.1, 0.15) is 43.7 Å². The first kappa shape index (κ1) is 12.2. The Hall–Kier alpha value is -1.31. The summed E-state index contributed by atoms with van der Waals surface area (Å²) in [5, 5.41) is 3.95. The second kappa shape index (κ2) is 6.43. The SMILES string of the molecule is CCc1cccc(CO/N=[C]\C2CCCC2)c1. The van der Waals surface area contributed by atoms with E-state index in [9.17, 15) is 0 Å². The maximum Gasteiger partial charge on any atom is 0.142 e. The van der Waals surface area contributed by atoms with Crippen molar-refractivity contribution in [2.75, 3.05) is 0 Å². The highest BCUT2D eigenvalue weighted by atomic mass is 16.6. The maximum atomic E-state index is 5.30. The van der Waals surface area contributed by atoms with Crippen LogP contribution in [0.2, 0.25) is 0 Å². The first-order valence-electron chi connectivity index (χ1n) is 6.54. The Balaban J connectivity index is 1.76. The van der Waals surface area contributed by atoms with Crippen LogP contribution in [-0.2, 0) is 17.9 Å². The summed E-state index contributed by atoms with van der Waals surface area (Å²) < 4.78 is 0. The minimum Gasteiger partial charge on any atom is -0.391 e. The van der Waals surface area contributed by atoms with Crippen molar-refractivity contribution in [1.82, 2.24) is 0 Å². The largest absolute Gasteiger partial charge is 0.391 e. The molecule has 1 radical (unpaired) electrons. The highest BCUT2D eigenvalue weighted by Crippen LogP contribution is 2.22. The molecule has 0 N–H and O–H groups in total. The van der Waals surface area contributed by atoms with Crippen molar-refractivity contribution in [2.45, 2.75) is 45.6 Å². The molecule has 0 aliphatic heterocycles. The molecule has 1 saturated carbocycles. The molecule has 0 spiro atoms. The summed E-state index contributed by atoms with van der Waals surface area (Å²) in [5.74, 6) is 0.525. The minimum absolute atomic E-state index is 0.525. The van der Waals surface area contributed by atoms with Crippen LogP contribution in [0.25, 0.3) is 0 Å². The van der Waals surface area contributed by atoms with Crippen LogP contribution in [0.15, 0.2) is 29.4 Å². The lowest BCUT2D eigenvalue weighted by atomic mass is 10.1. The third-order valence-electron chi connectivity index (χ3n) is 3.29. The molecule has 0 bridgehead atoms. The number of aryl methyl sites for hydroxylation is 1. The summed E-state index contributed by atoms with van der Waals surface area (Å²) in [6.45, 7) is 2.71. The van der Waals surface area contributed by atoms with Crippen LogP contribution in [0.5, 0.6) is 0 Å². The molecule has 1 aliphatic rings. The Bertz CT molecular complexity index is 367. The van der Waals surface area contributed by atoms with E-state index in [4.69, 9.17) is 4.84 Å². The lowest BCUT2D eigenvalue weighted by molar-refractivity contribution is 0.130. The predicted octanol–water partition coefficient (Wildman–Crippen LogP) is 3.82. The molecule has 1 fully saturated rings. The van der Waals surface area contributed by atoms with Gasteiger partial charge in [-0.15, -0.1) is 0 Å². The first-order valence-corrected chi connectivity index (χ1v) is 6.54. The van der Waals surface area contributed by atoms with Gasteiger partial charge < -0.3 is 4.84 Å². The topological polar surface area (TPSA) is 21.6 Å². The molecule has 0 unspecified atom stereocenters. The quantitative estimate of drug-likeness (QED) is 0.556. The number of hydrogen-bond donors (Lipinski definition) is 0. The average Bonchev–Trinajstić information content (AvgIpc) is 2.88. The highest BCUT2D eigenvalue weighted by Gasteiger charge is 2.12. The van der Waals surface area contributed by atoms with Crippen LogP contribution >= 0.6 is 0 Å². The van der Waals surface area contributed by atoms with Crippen LogP contribution in [0.4, 0.5) is 0 Å². The zero-order valence-electron chi connectivity index (χ0n) is 10.5. The van der Waals surface area contributed by atoms with E-state index >= 15 is 0 Å². The van der Waals surface area contributed by atoms with Gasteiger partial charge in [-0.2, -0.15) is 0 Å². The number of benzene rings is 1. The van der Waals surface area contributed by atoms with Gasteiger partial charge in [-0.1, -0.05) is 49.2 Å². The van der Waals surface area contributed by atoms with Crippen LogP contribution in [0.3, 0.4) is 0 Å². The van der Waals surface area contributed by atoms with Crippen molar-refractivity contribution >= 4 is 6.21 Å². The predicted molar refractivity (Wildman–Crippen MR) is 70.0 cm³/mol. The van der Waals surface area contributed by atoms with Gasteiger partial charge in [0.2, 0.25) is 0 Å². The second-order valence-corrected chi connectivity index (χ2v) is 4.65. The molecule has 1 aliphatic carbocycles. The van der Waals surface area contributed by atoms with Crippen molar-refractivity contribution < 1.29 is 4.84 Å². The van der Waals surface area contributed by atoms with Gasteiger partial charge in [-0.25, -0.2) is 0 Å². The average molecular weight is 230 g/mol. The van der Waals surface area contributed by atoms with E-state index in [0.29, 0.717) is 12.5 Å². The fraction of sp³-hybridized carbons (Fsp3) is 0.533. The summed E-state index contributed by atoms with van der Waals surface area (Å²) >= 11 is 0. The summed E-state index contributed by atoms with van der Waals surface area (Å²) in [7, 11) is 0. The van der Waals surface area contributed by atoms with Gasteiger partial charge in [-0.3, -0.25) is 0 Å². The van der Waals surface area contributed by atoms with E-state index in [-0.39, 0.29) is 0 Å². The van der Waals surface area contributed by atoms with Crippen molar-refractivity contribution in [3.05, 3.63) is 35.4 Å². The first-order chi connectivity index (χ1) is 8.38.